The molecule has 0 saturated carbocycles. The van der Waals surface area contributed by atoms with Gasteiger partial charge in [-0.1, -0.05) is 38.0 Å². The average molecular weight is 233 g/mol. The third-order valence-corrected chi connectivity index (χ3v) is 2.69. The van der Waals surface area contributed by atoms with Gasteiger partial charge in [0, 0.05) is 12.0 Å². The van der Waals surface area contributed by atoms with Crippen molar-refractivity contribution < 1.29 is 9.18 Å². The Balaban J connectivity index is 2.76. The molecule has 2 nitrogen and oxygen atoms in total. The molecule has 0 N–H and O–H groups in total. The first-order valence-electron chi connectivity index (χ1n) is 5.87. The van der Waals surface area contributed by atoms with E-state index in [-0.39, 0.29) is 11.3 Å². The highest BCUT2D eigenvalue weighted by Gasteiger charge is 2.22. The number of rotatable bonds is 6. The van der Waals surface area contributed by atoms with Crippen LogP contribution in [0, 0.1) is 17.1 Å². The normalized spacial score (nSPS) is 11.8. The van der Waals surface area contributed by atoms with Gasteiger partial charge in [0.2, 0.25) is 0 Å². The van der Waals surface area contributed by atoms with Crippen molar-refractivity contribution in [2.24, 2.45) is 0 Å². The SMILES string of the molecule is CCCCCC(=O)C(C#N)c1ccccc1F. The molecule has 17 heavy (non-hydrogen) atoms. The highest BCUT2D eigenvalue weighted by atomic mass is 19.1. The molecule has 0 amide bonds. The van der Waals surface area contributed by atoms with E-state index in [9.17, 15) is 9.18 Å². The Labute approximate surface area is 101 Å². The van der Waals surface area contributed by atoms with Gasteiger partial charge in [0.1, 0.15) is 11.7 Å². The molecule has 1 aromatic carbocycles. The number of benzene rings is 1. The standard InChI is InChI=1S/C14H16FNO/c1-2-3-4-9-14(17)12(10-16)11-7-5-6-8-13(11)15/h5-8,12H,2-4,9H2,1H3. The number of Topliss-reactive ketones (excluding diaryl/α,β-unsaturated/α-hetero) is 1. The van der Waals surface area contributed by atoms with Crippen LogP contribution in [0.15, 0.2) is 24.3 Å². The van der Waals surface area contributed by atoms with Crippen LogP contribution in [0.3, 0.4) is 0 Å². The molecule has 0 bridgehead atoms. The third-order valence-electron chi connectivity index (χ3n) is 2.69. The zero-order valence-corrected chi connectivity index (χ0v) is 9.95. The molecule has 90 valence electrons. The number of hydrogen-bond donors (Lipinski definition) is 0. The van der Waals surface area contributed by atoms with E-state index in [0.717, 1.165) is 19.3 Å². The molecule has 1 unspecified atom stereocenters. The van der Waals surface area contributed by atoms with Gasteiger partial charge in [-0.25, -0.2) is 4.39 Å². The topological polar surface area (TPSA) is 40.9 Å². The summed E-state index contributed by atoms with van der Waals surface area (Å²) >= 11 is 0. The average Bonchev–Trinajstić information content (AvgIpc) is 2.33. The predicted molar refractivity (Wildman–Crippen MR) is 63.9 cm³/mol. The molecule has 0 aliphatic rings. The largest absolute Gasteiger partial charge is 0.298 e. The van der Waals surface area contributed by atoms with Crippen LogP contribution in [-0.2, 0) is 4.79 Å². The number of hydrogen-bond acceptors (Lipinski definition) is 2. The third kappa shape index (κ3) is 3.67. The van der Waals surface area contributed by atoms with E-state index in [2.05, 4.69) is 0 Å². The minimum Gasteiger partial charge on any atom is -0.298 e. The number of unbranched alkanes of at least 4 members (excludes halogenated alkanes) is 2. The number of carbonyl (C=O) groups excluding carboxylic acids is 1. The van der Waals surface area contributed by atoms with E-state index in [1.807, 2.05) is 13.0 Å². The van der Waals surface area contributed by atoms with Gasteiger partial charge in [0.25, 0.3) is 0 Å². The van der Waals surface area contributed by atoms with Crippen molar-refractivity contribution in [1.82, 2.24) is 0 Å². The van der Waals surface area contributed by atoms with Crippen LogP contribution in [0.1, 0.15) is 44.1 Å². The zero-order chi connectivity index (χ0) is 12.7. The molecule has 1 rings (SSSR count). The van der Waals surface area contributed by atoms with Crippen molar-refractivity contribution in [3.8, 4) is 6.07 Å². The van der Waals surface area contributed by atoms with E-state index < -0.39 is 11.7 Å². The number of halogens is 1. The first kappa shape index (κ1) is 13.4. The van der Waals surface area contributed by atoms with Gasteiger partial charge in [-0.2, -0.15) is 5.26 Å². The Morgan fingerprint density at radius 1 is 1.41 bits per heavy atom. The maximum Gasteiger partial charge on any atom is 0.154 e. The van der Waals surface area contributed by atoms with Crippen LogP contribution in [0.25, 0.3) is 0 Å². The Hall–Kier alpha value is -1.69. The smallest absolute Gasteiger partial charge is 0.154 e. The lowest BCUT2D eigenvalue weighted by Gasteiger charge is -2.09. The van der Waals surface area contributed by atoms with Crippen LogP contribution in [0.4, 0.5) is 4.39 Å². The highest BCUT2D eigenvalue weighted by molar-refractivity contribution is 5.88. The summed E-state index contributed by atoms with van der Waals surface area (Å²) in [5, 5.41) is 8.99. The Bertz CT molecular complexity index is 422. The molecule has 0 aliphatic heterocycles. The summed E-state index contributed by atoms with van der Waals surface area (Å²) in [4.78, 5) is 11.8. The molecule has 0 spiro atoms. The van der Waals surface area contributed by atoms with Crippen LogP contribution in [0.5, 0.6) is 0 Å². The number of nitriles is 1. The van der Waals surface area contributed by atoms with Crippen molar-refractivity contribution in [1.29, 1.82) is 5.26 Å². The molecular formula is C14H16FNO. The molecule has 0 aliphatic carbocycles. The summed E-state index contributed by atoms with van der Waals surface area (Å²) in [6.45, 7) is 2.04. The summed E-state index contributed by atoms with van der Waals surface area (Å²) < 4.78 is 13.5. The second-order valence-corrected chi connectivity index (χ2v) is 4.01. The van der Waals surface area contributed by atoms with Gasteiger partial charge >= 0.3 is 0 Å². The van der Waals surface area contributed by atoms with Crippen LogP contribution < -0.4 is 0 Å². The molecule has 0 radical (unpaired) electrons. The van der Waals surface area contributed by atoms with Gasteiger partial charge in [-0.05, 0) is 12.5 Å². The molecule has 0 aromatic heterocycles. The second-order valence-electron chi connectivity index (χ2n) is 4.01. The summed E-state index contributed by atoms with van der Waals surface area (Å²) in [5.74, 6) is -1.64. The van der Waals surface area contributed by atoms with Gasteiger partial charge < -0.3 is 0 Å². The Kier molecular flexibility index (Phi) is 5.35. The molecule has 0 saturated heterocycles. The molecule has 1 aromatic rings. The summed E-state index contributed by atoms with van der Waals surface area (Å²) in [7, 11) is 0. The van der Waals surface area contributed by atoms with Crippen LogP contribution >= 0.6 is 0 Å². The Morgan fingerprint density at radius 3 is 2.71 bits per heavy atom. The first-order chi connectivity index (χ1) is 8.20. The quantitative estimate of drug-likeness (QED) is 0.704. The van der Waals surface area contributed by atoms with E-state index >= 15 is 0 Å². The summed E-state index contributed by atoms with van der Waals surface area (Å²) in [6.07, 6.45) is 3.09. The predicted octanol–water partition coefficient (Wildman–Crippen LogP) is 3.58. The maximum absolute atomic E-state index is 13.5. The van der Waals surface area contributed by atoms with E-state index in [0.29, 0.717) is 6.42 Å². The minimum absolute atomic E-state index is 0.189. The van der Waals surface area contributed by atoms with E-state index in [1.54, 1.807) is 12.1 Å². The highest BCUT2D eigenvalue weighted by Crippen LogP contribution is 2.21. The molecule has 0 fully saturated rings. The van der Waals surface area contributed by atoms with Gasteiger partial charge in [-0.15, -0.1) is 0 Å². The molecular weight excluding hydrogens is 217 g/mol. The fourth-order valence-corrected chi connectivity index (χ4v) is 1.72. The summed E-state index contributed by atoms with van der Waals surface area (Å²) in [6, 6.07) is 7.87. The van der Waals surface area contributed by atoms with Crippen molar-refractivity contribution in [2.75, 3.05) is 0 Å². The lowest BCUT2D eigenvalue weighted by Crippen LogP contribution is -2.12. The maximum atomic E-state index is 13.5. The molecule has 1 atom stereocenters. The van der Waals surface area contributed by atoms with Crippen molar-refractivity contribution in [3.63, 3.8) is 0 Å². The lowest BCUT2D eigenvalue weighted by molar-refractivity contribution is -0.119. The lowest BCUT2D eigenvalue weighted by atomic mass is 9.92. The zero-order valence-electron chi connectivity index (χ0n) is 9.95. The van der Waals surface area contributed by atoms with Gasteiger partial charge in [0.05, 0.1) is 6.07 Å². The van der Waals surface area contributed by atoms with Crippen molar-refractivity contribution in [2.45, 2.75) is 38.5 Å². The van der Waals surface area contributed by atoms with Gasteiger partial charge in [-0.3, -0.25) is 4.79 Å². The molecule has 0 heterocycles. The monoisotopic (exact) mass is 233 g/mol. The number of ketones is 1. The Morgan fingerprint density at radius 2 is 2.12 bits per heavy atom. The van der Waals surface area contributed by atoms with Crippen molar-refractivity contribution >= 4 is 5.78 Å². The van der Waals surface area contributed by atoms with E-state index in [4.69, 9.17) is 5.26 Å². The number of carbonyl (C=O) groups is 1. The summed E-state index contributed by atoms with van der Waals surface area (Å²) in [5.41, 5.74) is 0.191. The van der Waals surface area contributed by atoms with Crippen LogP contribution in [-0.4, -0.2) is 5.78 Å². The fourth-order valence-electron chi connectivity index (χ4n) is 1.72. The first-order valence-corrected chi connectivity index (χ1v) is 5.87. The van der Waals surface area contributed by atoms with Crippen molar-refractivity contribution in [3.05, 3.63) is 35.6 Å². The fraction of sp³-hybridized carbons (Fsp3) is 0.429. The van der Waals surface area contributed by atoms with Gasteiger partial charge in [0.15, 0.2) is 5.78 Å². The minimum atomic E-state index is -0.965. The van der Waals surface area contributed by atoms with Crippen LogP contribution in [0.2, 0.25) is 0 Å². The number of nitrogens with zero attached hydrogens (tertiary/aromatic N) is 1. The second kappa shape index (κ2) is 6.80. The molecule has 3 heteroatoms. The van der Waals surface area contributed by atoms with E-state index in [1.165, 1.54) is 12.1 Å².